The van der Waals surface area contributed by atoms with Gasteiger partial charge in [0.05, 0.1) is 26.5 Å². The lowest BCUT2D eigenvalue weighted by atomic mass is 10.1. The lowest BCUT2D eigenvalue weighted by Gasteiger charge is -2.25. The van der Waals surface area contributed by atoms with Crippen molar-refractivity contribution in [1.29, 1.82) is 0 Å². The maximum Gasteiger partial charge on any atom is 0.417 e. The first-order chi connectivity index (χ1) is 12.0. The Hall–Kier alpha value is -1.58. The third-order valence-corrected chi connectivity index (χ3v) is 6.63. The second-order valence-electron chi connectivity index (χ2n) is 6.53. The number of nitrogens with zero attached hydrogens (tertiary/aromatic N) is 1. The molecule has 1 saturated carbocycles. The summed E-state index contributed by atoms with van der Waals surface area (Å²) in [5.41, 5.74) is -3.40. The van der Waals surface area contributed by atoms with Crippen LogP contribution in [0, 0.1) is 5.41 Å². The van der Waals surface area contributed by atoms with Crippen LogP contribution in [0.4, 0.5) is 26.3 Å². The summed E-state index contributed by atoms with van der Waals surface area (Å²) in [5.74, 6) is -1.06. The van der Waals surface area contributed by atoms with E-state index in [2.05, 4.69) is 0 Å². The van der Waals surface area contributed by atoms with Crippen molar-refractivity contribution >= 4 is 16.7 Å². The van der Waals surface area contributed by atoms with Gasteiger partial charge >= 0.3 is 12.4 Å². The molecule has 0 spiro atoms. The molecule has 0 bridgehead atoms. The molecule has 2 unspecified atom stereocenters. The van der Waals surface area contributed by atoms with Crippen LogP contribution >= 0.6 is 0 Å². The summed E-state index contributed by atoms with van der Waals surface area (Å²) in [4.78, 5) is 12.8. The van der Waals surface area contributed by atoms with Crippen molar-refractivity contribution in [2.45, 2.75) is 41.8 Å². The molecule has 2 atom stereocenters. The van der Waals surface area contributed by atoms with Gasteiger partial charge in [-0.25, -0.2) is 0 Å². The topological polar surface area (TPSA) is 37.4 Å². The maximum atomic E-state index is 13.1. The van der Waals surface area contributed by atoms with Crippen LogP contribution in [-0.4, -0.2) is 39.5 Å². The van der Waals surface area contributed by atoms with Crippen molar-refractivity contribution in [3.63, 3.8) is 0 Å². The highest BCUT2D eigenvalue weighted by molar-refractivity contribution is 7.85. The van der Waals surface area contributed by atoms with Crippen molar-refractivity contribution < 1.29 is 35.3 Å². The molecule has 0 N–H and O–H groups in total. The van der Waals surface area contributed by atoms with Crippen LogP contribution in [0.2, 0.25) is 0 Å². The summed E-state index contributed by atoms with van der Waals surface area (Å²) in [6.45, 7) is -0.281. The molecule has 144 valence electrons. The Morgan fingerprint density at radius 2 is 1.73 bits per heavy atom. The molecule has 1 saturated heterocycles. The van der Waals surface area contributed by atoms with Crippen LogP contribution in [0.5, 0.6) is 0 Å². The van der Waals surface area contributed by atoms with Gasteiger partial charge in [0, 0.05) is 13.1 Å². The standard InChI is InChI=1S/C16H15F6NO2S/c17-15(18,19)11-3-1-2-4-12(11)26(25)10-5-8-23(9-10)13(24)14(6-7-14)16(20,21)22/h1-4,10H,5-9H2. The van der Waals surface area contributed by atoms with Gasteiger partial charge in [-0.05, 0) is 31.4 Å². The normalized spacial score (nSPS) is 23.8. The average molecular weight is 399 g/mol. The molecule has 1 aliphatic heterocycles. The Morgan fingerprint density at radius 1 is 1.12 bits per heavy atom. The number of amides is 1. The molecule has 1 aliphatic carbocycles. The number of likely N-dealkylation sites (tertiary alicyclic amines) is 1. The molecule has 1 aromatic carbocycles. The van der Waals surface area contributed by atoms with Crippen molar-refractivity contribution in [1.82, 2.24) is 4.90 Å². The van der Waals surface area contributed by atoms with Gasteiger partial charge in [-0.3, -0.25) is 9.00 Å². The molecule has 3 nitrogen and oxygen atoms in total. The molecular weight excluding hydrogens is 384 g/mol. The largest absolute Gasteiger partial charge is 0.417 e. The van der Waals surface area contributed by atoms with E-state index in [1.165, 1.54) is 12.1 Å². The van der Waals surface area contributed by atoms with E-state index in [9.17, 15) is 35.3 Å². The lowest BCUT2D eigenvalue weighted by molar-refractivity contribution is -0.197. The van der Waals surface area contributed by atoms with E-state index in [0.29, 0.717) is 0 Å². The summed E-state index contributed by atoms with van der Waals surface area (Å²) < 4.78 is 91.0. The second kappa shape index (κ2) is 6.24. The highest BCUT2D eigenvalue weighted by atomic mass is 32.2. The Bertz CT molecular complexity index is 741. The fraction of sp³-hybridized carbons (Fsp3) is 0.562. The zero-order valence-corrected chi connectivity index (χ0v) is 14.2. The molecule has 26 heavy (non-hydrogen) atoms. The first kappa shape index (κ1) is 19.2. The van der Waals surface area contributed by atoms with E-state index in [-0.39, 0.29) is 32.4 Å². The summed E-state index contributed by atoms with van der Waals surface area (Å²) in [6, 6.07) is 4.41. The van der Waals surface area contributed by atoms with Crippen molar-refractivity contribution in [2.75, 3.05) is 13.1 Å². The van der Waals surface area contributed by atoms with E-state index in [4.69, 9.17) is 0 Å². The molecular formula is C16H15F6NO2S. The predicted octanol–water partition coefficient (Wildman–Crippen LogP) is 3.76. The zero-order valence-electron chi connectivity index (χ0n) is 13.4. The monoisotopic (exact) mass is 399 g/mol. The van der Waals surface area contributed by atoms with E-state index < -0.39 is 50.2 Å². The van der Waals surface area contributed by atoms with E-state index in [0.717, 1.165) is 17.0 Å². The molecule has 1 amide bonds. The van der Waals surface area contributed by atoms with Gasteiger partial charge < -0.3 is 4.90 Å². The SMILES string of the molecule is O=C(N1CCC(S(=O)c2ccccc2C(F)(F)F)C1)C1(C(F)(F)F)CC1. The van der Waals surface area contributed by atoms with Crippen LogP contribution in [0.15, 0.2) is 29.2 Å². The summed E-state index contributed by atoms with van der Waals surface area (Å²) in [6.07, 6.45) is -9.80. The fourth-order valence-electron chi connectivity index (χ4n) is 3.19. The number of halogens is 6. The predicted molar refractivity (Wildman–Crippen MR) is 80.6 cm³/mol. The summed E-state index contributed by atoms with van der Waals surface area (Å²) in [7, 11) is -2.08. The van der Waals surface area contributed by atoms with Crippen LogP contribution in [0.3, 0.4) is 0 Å². The van der Waals surface area contributed by atoms with E-state index >= 15 is 0 Å². The Labute approximate surface area is 147 Å². The highest BCUT2D eigenvalue weighted by Crippen LogP contribution is 2.58. The maximum absolute atomic E-state index is 13.1. The molecule has 2 fully saturated rings. The highest BCUT2D eigenvalue weighted by Gasteiger charge is 2.69. The van der Waals surface area contributed by atoms with Gasteiger partial charge in [0.1, 0.15) is 5.41 Å². The molecule has 0 aromatic heterocycles. The molecule has 2 aliphatic rings. The van der Waals surface area contributed by atoms with Gasteiger partial charge in [-0.2, -0.15) is 26.3 Å². The smallest absolute Gasteiger partial charge is 0.341 e. The van der Waals surface area contributed by atoms with Crippen LogP contribution < -0.4 is 0 Å². The summed E-state index contributed by atoms with van der Waals surface area (Å²) >= 11 is 0. The van der Waals surface area contributed by atoms with Crippen LogP contribution in [0.25, 0.3) is 0 Å². The minimum absolute atomic E-state index is 0.0404. The lowest BCUT2D eigenvalue weighted by Crippen LogP contribution is -2.43. The molecule has 1 heterocycles. The second-order valence-corrected chi connectivity index (χ2v) is 8.23. The zero-order chi connectivity index (χ0) is 19.3. The summed E-state index contributed by atoms with van der Waals surface area (Å²) in [5, 5.41) is -0.827. The number of carbonyl (C=O) groups excluding carboxylic acids is 1. The van der Waals surface area contributed by atoms with Crippen LogP contribution in [0.1, 0.15) is 24.8 Å². The van der Waals surface area contributed by atoms with Crippen molar-refractivity contribution in [3.05, 3.63) is 29.8 Å². The van der Waals surface area contributed by atoms with E-state index in [1.807, 2.05) is 0 Å². The Kier molecular flexibility index (Phi) is 4.61. The van der Waals surface area contributed by atoms with Gasteiger partial charge in [0.15, 0.2) is 0 Å². The number of hydrogen-bond donors (Lipinski definition) is 0. The Morgan fingerprint density at radius 3 is 2.27 bits per heavy atom. The molecule has 10 heteroatoms. The fourth-order valence-corrected chi connectivity index (χ4v) is 4.80. The number of alkyl halides is 6. The number of hydrogen-bond acceptors (Lipinski definition) is 2. The van der Waals surface area contributed by atoms with Gasteiger partial charge in [0.25, 0.3) is 0 Å². The quantitative estimate of drug-likeness (QED) is 0.726. The first-order valence-corrected chi connectivity index (χ1v) is 9.11. The molecule has 1 aromatic rings. The minimum Gasteiger partial charge on any atom is -0.341 e. The third-order valence-electron chi connectivity index (χ3n) is 4.85. The Balaban J connectivity index is 1.76. The van der Waals surface area contributed by atoms with Gasteiger partial charge in [0.2, 0.25) is 5.91 Å². The van der Waals surface area contributed by atoms with Gasteiger partial charge in [-0.15, -0.1) is 0 Å². The van der Waals surface area contributed by atoms with Crippen molar-refractivity contribution in [3.8, 4) is 0 Å². The molecule has 3 rings (SSSR count). The van der Waals surface area contributed by atoms with E-state index in [1.54, 1.807) is 0 Å². The number of rotatable bonds is 3. The minimum atomic E-state index is -4.69. The molecule has 0 radical (unpaired) electrons. The van der Waals surface area contributed by atoms with Gasteiger partial charge in [-0.1, -0.05) is 12.1 Å². The number of benzene rings is 1. The number of carbonyl (C=O) groups is 1. The van der Waals surface area contributed by atoms with Crippen LogP contribution in [-0.2, 0) is 21.8 Å². The first-order valence-electron chi connectivity index (χ1n) is 7.90. The van der Waals surface area contributed by atoms with Crippen molar-refractivity contribution in [2.24, 2.45) is 5.41 Å². The third kappa shape index (κ3) is 3.23. The average Bonchev–Trinajstić information content (AvgIpc) is 3.24.